The number of thioether (sulfide) groups is 1. The van der Waals surface area contributed by atoms with Gasteiger partial charge in [-0.3, -0.25) is 0 Å². The van der Waals surface area contributed by atoms with Crippen LogP contribution in [0.3, 0.4) is 0 Å². The van der Waals surface area contributed by atoms with Crippen LogP contribution in [0.4, 0.5) is 13.2 Å². The summed E-state index contributed by atoms with van der Waals surface area (Å²) in [5, 5.41) is 8.41. The molecule has 0 aliphatic carbocycles. The number of benzene rings is 2. The van der Waals surface area contributed by atoms with Crippen molar-refractivity contribution in [1.82, 2.24) is 10.2 Å². The maximum absolute atomic E-state index is 12.6. The SMILES string of the molecule is Cc1cc(C)cc(-c2nnc(SCc3ccc(C(F)(F)F)cc3)o2)c1. The molecule has 130 valence electrons. The van der Waals surface area contributed by atoms with Crippen molar-refractivity contribution in [2.24, 2.45) is 0 Å². The number of nitrogens with zero attached hydrogens (tertiary/aromatic N) is 2. The molecule has 0 unspecified atom stereocenters. The number of aryl methyl sites for hydroxylation is 2. The van der Waals surface area contributed by atoms with E-state index >= 15 is 0 Å². The molecule has 0 fully saturated rings. The second-order valence-corrected chi connectivity index (χ2v) is 6.66. The van der Waals surface area contributed by atoms with Crippen LogP contribution in [0.15, 0.2) is 52.1 Å². The zero-order chi connectivity index (χ0) is 18.0. The van der Waals surface area contributed by atoms with Gasteiger partial charge in [-0.25, -0.2) is 0 Å². The van der Waals surface area contributed by atoms with Crippen LogP contribution in [0.2, 0.25) is 0 Å². The smallest absolute Gasteiger partial charge is 0.411 e. The maximum atomic E-state index is 12.6. The highest BCUT2D eigenvalue weighted by Gasteiger charge is 2.29. The second kappa shape index (κ2) is 6.92. The van der Waals surface area contributed by atoms with E-state index in [1.807, 2.05) is 26.0 Å². The molecule has 1 aromatic heterocycles. The monoisotopic (exact) mass is 364 g/mol. The van der Waals surface area contributed by atoms with E-state index in [1.54, 1.807) is 0 Å². The summed E-state index contributed by atoms with van der Waals surface area (Å²) in [6, 6.07) is 11.0. The van der Waals surface area contributed by atoms with E-state index < -0.39 is 11.7 Å². The minimum atomic E-state index is -4.32. The van der Waals surface area contributed by atoms with Crippen LogP contribution in [-0.4, -0.2) is 10.2 Å². The molecule has 2 aromatic carbocycles. The first-order chi connectivity index (χ1) is 11.8. The summed E-state index contributed by atoms with van der Waals surface area (Å²) in [5.41, 5.74) is 3.16. The number of alkyl halides is 3. The second-order valence-electron chi connectivity index (χ2n) is 5.73. The van der Waals surface area contributed by atoms with Crippen LogP contribution in [0.1, 0.15) is 22.3 Å². The Morgan fingerprint density at radius 3 is 2.20 bits per heavy atom. The number of halogens is 3. The predicted molar refractivity (Wildman–Crippen MR) is 90.2 cm³/mol. The van der Waals surface area contributed by atoms with Gasteiger partial charge in [-0.05, 0) is 43.7 Å². The predicted octanol–water partition coefficient (Wildman–Crippen LogP) is 5.66. The molecule has 0 spiro atoms. The maximum Gasteiger partial charge on any atom is 0.416 e. The van der Waals surface area contributed by atoms with Gasteiger partial charge in [-0.2, -0.15) is 13.2 Å². The highest BCUT2D eigenvalue weighted by molar-refractivity contribution is 7.98. The van der Waals surface area contributed by atoms with Gasteiger partial charge in [0.1, 0.15) is 0 Å². The van der Waals surface area contributed by atoms with Gasteiger partial charge in [0.2, 0.25) is 5.89 Å². The third-order valence-corrected chi connectivity index (χ3v) is 4.41. The number of hydrogen-bond donors (Lipinski definition) is 0. The first-order valence-electron chi connectivity index (χ1n) is 7.52. The lowest BCUT2D eigenvalue weighted by molar-refractivity contribution is -0.137. The van der Waals surface area contributed by atoms with E-state index in [1.165, 1.54) is 23.9 Å². The van der Waals surface area contributed by atoms with Crippen molar-refractivity contribution in [2.45, 2.75) is 31.0 Å². The summed E-state index contributed by atoms with van der Waals surface area (Å²) >= 11 is 1.29. The molecule has 7 heteroatoms. The van der Waals surface area contributed by atoms with Crippen LogP contribution in [0.5, 0.6) is 0 Å². The van der Waals surface area contributed by atoms with Crippen molar-refractivity contribution in [2.75, 3.05) is 0 Å². The van der Waals surface area contributed by atoms with Gasteiger partial charge in [0.15, 0.2) is 0 Å². The molecule has 3 aromatic rings. The van der Waals surface area contributed by atoms with Crippen molar-refractivity contribution >= 4 is 11.8 Å². The Morgan fingerprint density at radius 1 is 0.960 bits per heavy atom. The van der Waals surface area contributed by atoms with Crippen LogP contribution in [0, 0.1) is 13.8 Å². The Hall–Kier alpha value is -2.28. The topological polar surface area (TPSA) is 38.9 Å². The molecular formula is C18H15F3N2OS. The van der Waals surface area contributed by atoms with Gasteiger partial charge in [0, 0.05) is 11.3 Å². The minimum absolute atomic E-state index is 0.383. The van der Waals surface area contributed by atoms with Crippen molar-refractivity contribution in [1.29, 1.82) is 0 Å². The van der Waals surface area contributed by atoms with Crippen molar-refractivity contribution < 1.29 is 17.6 Å². The highest BCUT2D eigenvalue weighted by Crippen LogP contribution is 2.31. The Balaban J connectivity index is 1.67. The Kier molecular flexibility index (Phi) is 4.85. The van der Waals surface area contributed by atoms with Crippen molar-refractivity contribution in [3.8, 4) is 11.5 Å². The quantitative estimate of drug-likeness (QED) is 0.560. The molecule has 25 heavy (non-hydrogen) atoms. The van der Waals surface area contributed by atoms with E-state index in [0.29, 0.717) is 16.9 Å². The van der Waals surface area contributed by atoms with E-state index in [0.717, 1.165) is 34.4 Å². The molecule has 3 nitrogen and oxygen atoms in total. The van der Waals surface area contributed by atoms with Gasteiger partial charge in [0.25, 0.3) is 5.22 Å². The largest absolute Gasteiger partial charge is 0.416 e. The molecule has 0 saturated heterocycles. The average molecular weight is 364 g/mol. The summed E-state index contributed by atoms with van der Waals surface area (Å²) in [6.45, 7) is 3.99. The summed E-state index contributed by atoms with van der Waals surface area (Å²) in [7, 11) is 0. The van der Waals surface area contributed by atoms with E-state index in [4.69, 9.17) is 4.42 Å². The van der Waals surface area contributed by atoms with Crippen LogP contribution >= 0.6 is 11.8 Å². The number of rotatable bonds is 4. The van der Waals surface area contributed by atoms with Gasteiger partial charge < -0.3 is 4.42 Å². The molecule has 0 bridgehead atoms. The molecule has 0 amide bonds. The number of hydrogen-bond acceptors (Lipinski definition) is 4. The van der Waals surface area contributed by atoms with Gasteiger partial charge >= 0.3 is 6.18 Å². The lowest BCUT2D eigenvalue weighted by Crippen LogP contribution is -2.04. The Labute approximate surface area is 147 Å². The van der Waals surface area contributed by atoms with E-state index in [2.05, 4.69) is 16.3 Å². The fourth-order valence-corrected chi connectivity index (χ4v) is 3.14. The van der Waals surface area contributed by atoms with Crippen molar-refractivity contribution in [3.05, 3.63) is 64.7 Å². The molecule has 0 aliphatic rings. The fraction of sp³-hybridized carbons (Fsp3) is 0.222. The zero-order valence-corrected chi connectivity index (χ0v) is 14.4. The van der Waals surface area contributed by atoms with Gasteiger partial charge in [-0.15, -0.1) is 10.2 Å². The van der Waals surface area contributed by atoms with E-state index in [9.17, 15) is 13.2 Å². The first-order valence-corrected chi connectivity index (χ1v) is 8.51. The van der Waals surface area contributed by atoms with Crippen LogP contribution in [0.25, 0.3) is 11.5 Å². The Morgan fingerprint density at radius 2 is 1.60 bits per heavy atom. The summed E-state index contributed by atoms with van der Waals surface area (Å²) < 4.78 is 43.3. The van der Waals surface area contributed by atoms with Crippen molar-refractivity contribution in [3.63, 3.8) is 0 Å². The fourth-order valence-electron chi connectivity index (χ4n) is 2.42. The first kappa shape index (κ1) is 17.5. The minimum Gasteiger partial charge on any atom is -0.411 e. The van der Waals surface area contributed by atoms with Crippen LogP contribution in [-0.2, 0) is 11.9 Å². The zero-order valence-electron chi connectivity index (χ0n) is 13.6. The molecule has 0 N–H and O–H groups in total. The van der Waals surface area contributed by atoms with Gasteiger partial charge in [0.05, 0.1) is 5.56 Å². The molecule has 0 radical (unpaired) electrons. The van der Waals surface area contributed by atoms with Crippen LogP contribution < -0.4 is 0 Å². The Bertz CT molecular complexity index is 853. The van der Waals surface area contributed by atoms with Gasteiger partial charge in [-0.1, -0.05) is 41.1 Å². The standard InChI is InChI=1S/C18H15F3N2OS/c1-11-7-12(2)9-14(8-11)16-22-23-17(24-16)25-10-13-3-5-15(6-4-13)18(19,20)21/h3-9H,10H2,1-2H3. The lowest BCUT2D eigenvalue weighted by atomic mass is 10.1. The summed E-state index contributed by atoms with van der Waals surface area (Å²) in [6.07, 6.45) is -4.32. The third-order valence-electron chi connectivity index (χ3n) is 3.52. The molecular weight excluding hydrogens is 349 g/mol. The van der Waals surface area contributed by atoms with E-state index in [-0.39, 0.29) is 0 Å². The average Bonchev–Trinajstić information content (AvgIpc) is 3.00. The number of aromatic nitrogens is 2. The molecule has 0 saturated carbocycles. The normalized spacial score (nSPS) is 11.7. The summed E-state index contributed by atoms with van der Waals surface area (Å²) in [4.78, 5) is 0. The summed E-state index contributed by atoms with van der Waals surface area (Å²) in [5.74, 6) is 0.883. The molecule has 0 atom stereocenters. The third kappa shape index (κ3) is 4.42. The lowest BCUT2D eigenvalue weighted by Gasteiger charge is -2.06. The highest BCUT2D eigenvalue weighted by atomic mass is 32.2. The molecule has 1 heterocycles. The molecule has 0 aliphatic heterocycles. The molecule has 3 rings (SSSR count).